The molecule has 3 atom stereocenters. The number of guanidine groups is 1. The van der Waals surface area contributed by atoms with Gasteiger partial charge in [-0.15, -0.1) is 0 Å². The van der Waals surface area contributed by atoms with Gasteiger partial charge in [0, 0.05) is 17.6 Å². The van der Waals surface area contributed by atoms with Crippen molar-refractivity contribution in [3.8, 4) is 0 Å². The Labute approximate surface area is 187 Å². The molecule has 0 aliphatic heterocycles. The molecule has 0 heterocycles. The van der Waals surface area contributed by atoms with E-state index < -0.39 is 12.2 Å². The highest BCUT2D eigenvalue weighted by atomic mass is 32.2. The van der Waals surface area contributed by atoms with Gasteiger partial charge in [0.05, 0.1) is 26.3 Å². The van der Waals surface area contributed by atoms with E-state index in [9.17, 15) is 14.4 Å². The number of nitrogens with one attached hydrogen (secondary N) is 3. The quantitative estimate of drug-likeness (QED) is 0.411. The fourth-order valence-corrected chi connectivity index (χ4v) is 5.70. The lowest BCUT2D eigenvalue weighted by molar-refractivity contribution is -0.125. The van der Waals surface area contributed by atoms with Crippen molar-refractivity contribution in [2.24, 2.45) is 4.99 Å². The van der Waals surface area contributed by atoms with Crippen molar-refractivity contribution in [2.45, 2.75) is 74.0 Å². The Balaban J connectivity index is 2.12. The SMILES string of the molecule is COCC(=O)NC1CC(SC2CCCCC2)CCC1N=C(NC(=O)OC)NC(=O)OC. The monoisotopic (exact) mass is 458 g/mol. The lowest BCUT2D eigenvalue weighted by Crippen LogP contribution is -2.51. The van der Waals surface area contributed by atoms with Crippen LogP contribution in [0.2, 0.25) is 0 Å². The molecule has 0 bridgehead atoms. The highest BCUT2D eigenvalue weighted by molar-refractivity contribution is 8.00. The molecule has 176 valence electrons. The summed E-state index contributed by atoms with van der Waals surface area (Å²) in [4.78, 5) is 40.0. The summed E-state index contributed by atoms with van der Waals surface area (Å²) in [6.07, 6.45) is 7.26. The number of thioether (sulfide) groups is 1. The molecule has 11 heteroatoms. The van der Waals surface area contributed by atoms with Crippen LogP contribution in [0, 0.1) is 0 Å². The zero-order chi connectivity index (χ0) is 22.6. The Morgan fingerprint density at radius 2 is 1.55 bits per heavy atom. The first kappa shape index (κ1) is 25.3. The Morgan fingerprint density at radius 3 is 2.13 bits per heavy atom. The molecule has 0 radical (unpaired) electrons. The van der Waals surface area contributed by atoms with Crippen LogP contribution in [0.1, 0.15) is 51.4 Å². The number of hydrogen-bond acceptors (Lipinski definition) is 8. The van der Waals surface area contributed by atoms with E-state index in [2.05, 4.69) is 30.4 Å². The highest BCUT2D eigenvalue weighted by Crippen LogP contribution is 2.37. The van der Waals surface area contributed by atoms with E-state index in [-0.39, 0.29) is 30.6 Å². The Kier molecular flexibility index (Phi) is 10.9. The molecule has 0 spiro atoms. The molecule has 0 aromatic carbocycles. The minimum Gasteiger partial charge on any atom is -0.453 e. The fraction of sp³-hybridized carbons (Fsp3) is 0.800. The van der Waals surface area contributed by atoms with Gasteiger partial charge in [0.25, 0.3) is 0 Å². The Bertz CT molecular complexity index is 621. The van der Waals surface area contributed by atoms with Crippen molar-refractivity contribution in [2.75, 3.05) is 27.9 Å². The lowest BCUT2D eigenvalue weighted by Gasteiger charge is -2.36. The largest absolute Gasteiger partial charge is 0.453 e. The van der Waals surface area contributed by atoms with E-state index in [0.29, 0.717) is 16.9 Å². The normalized spacial score (nSPS) is 23.9. The van der Waals surface area contributed by atoms with Crippen LogP contribution in [0.4, 0.5) is 9.59 Å². The van der Waals surface area contributed by atoms with Crippen LogP contribution in [-0.4, -0.2) is 74.6 Å². The number of amides is 3. The predicted molar refractivity (Wildman–Crippen MR) is 118 cm³/mol. The molecule has 0 aromatic rings. The summed E-state index contributed by atoms with van der Waals surface area (Å²) in [6, 6.07) is -0.570. The van der Waals surface area contributed by atoms with Crippen LogP contribution < -0.4 is 16.0 Å². The second-order valence-electron chi connectivity index (χ2n) is 7.72. The molecule has 2 rings (SSSR count). The maximum Gasteiger partial charge on any atom is 0.413 e. The number of methoxy groups -OCH3 is 3. The summed E-state index contributed by atoms with van der Waals surface area (Å²) >= 11 is 2.02. The average molecular weight is 459 g/mol. The van der Waals surface area contributed by atoms with Gasteiger partial charge in [0.1, 0.15) is 6.61 Å². The predicted octanol–water partition coefficient (Wildman–Crippen LogP) is 2.17. The summed E-state index contributed by atoms with van der Waals surface area (Å²) < 4.78 is 14.1. The van der Waals surface area contributed by atoms with E-state index in [0.717, 1.165) is 12.8 Å². The molecule has 2 aliphatic carbocycles. The zero-order valence-corrected chi connectivity index (χ0v) is 19.3. The summed E-state index contributed by atoms with van der Waals surface area (Å²) in [5.74, 6) is -0.299. The second kappa shape index (κ2) is 13.4. The van der Waals surface area contributed by atoms with Gasteiger partial charge in [-0.3, -0.25) is 15.4 Å². The van der Waals surface area contributed by atoms with Crippen molar-refractivity contribution < 1.29 is 28.6 Å². The van der Waals surface area contributed by atoms with Gasteiger partial charge in [0.2, 0.25) is 11.9 Å². The van der Waals surface area contributed by atoms with Gasteiger partial charge in [-0.2, -0.15) is 11.8 Å². The van der Waals surface area contributed by atoms with Crippen molar-refractivity contribution in [1.82, 2.24) is 16.0 Å². The maximum atomic E-state index is 12.2. The van der Waals surface area contributed by atoms with E-state index in [4.69, 9.17) is 4.74 Å². The second-order valence-corrected chi connectivity index (χ2v) is 9.32. The number of carbonyl (C=O) groups excluding carboxylic acids is 3. The summed E-state index contributed by atoms with van der Waals surface area (Å²) in [5, 5.41) is 8.88. The van der Waals surface area contributed by atoms with Crippen LogP contribution in [0.15, 0.2) is 4.99 Å². The average Bonchev–Trinajstić information content (AvgIpc) is 2.76. The van der Waals surface area contributed by atoms with Crippen molar-refractivity contribution in [1.29, 1.82) is 0 Å². The lowest BCUT2D eigenvalue weighted by atomic mass is 9.90. The van der Waals surface area contributed by atoms with E-state index in [1.807, 2.05) is 11.8 Å². The first-order chi connectivity index (χ1) is 14.9. The van der Waals surface area contributed by atoms with E-state index in [1.165, 1.54) is 53.4 Å². The Hall–Kier alpha value is -2.01. The van der Waals surface area contributed by atoms with Crippen LogP contribution in [0.5, 0.6) is 0 Å². The number of carbonyl (C=O) groups is 3. The minimum absolute atomic E-state index is 0.0406. The molecule has 31 heavy (non-hydrogen) atoms. The molecule has 3 unspecified atom stereocenters. The number of ether oxygens (including phenoxy) is 3. The molecular weight excluding hydrogens is 424 g/mol. The van der Waals surface area contributed by atoms with Crippen LogP contribution in [-0.2, 0) is 19.0 Å². The van der Waals surface area contributed by atoms with Gasteiger partial charge in [0.15, 0.2) is 0 Å². The summed E-state index contributed by atoms with van der Waals surface area (Å²) in [5.41, 5.74) is 0. The molecule has 10 nitrogen and oxygen atoms in total. The van der Waals surface area contributed by atoms with Gasteiger partial charge >= 0.3 is 12.2 Å². The molecule has 3 N–H and O–H groups in total. The molecule has 2 aliphatic rings. The van der Waals surface area contributed by atoms with E-state index >= 15 is 0 Å². The van der Waals surface area contributed by atoms with Crippen LogP contribution in [0.25, 0.3) is 0 Å². The third kappa shape index (κ3) is 8.94. The number of nitrogens with zero attached hydrogens (tertiary/aromatic N) is 1. The fourth-order valence-electron chi connectivity index (χ4n) is 3.96. The van der Waals surface area contributed by atoms with Crippen molar-refractivity contribution >= 4 is 35.8 Å². The van der Waals surface area contributed by atoms with Gasteiger partial charge in [-0.05, 0) is 32.1 Å². The first-order valence-electron chi connectivity index (χ1n) is 10.7. The van der Waals surface area contributed by atoms with Crippen LogP contribution >= 0.6 is 11.8 Å². The molecule has 0 aromatic heterocycles. The third-order valence-electron chi connectivity index (χ3n) is 5.43. The number of hydrogen-bond donors (Lipinski definition) is 3. The maximum absolute atomic E-state index is 12.2. The standard InChI is InChI=1S/C20H34N4O6S/c1-28-12-17(25)21-16-11-14(31-13-7-5-4-6-8-13)9-10-15(16)22-18(23-19(26)29-2)24-20(27)30-3/h13-16H,4-12H2,1-3H3,(H,21,25)(H2,22,23,24,26,27). The topological polar surface area (TPSA) is 127 Å². The summed E-state index contributed by atoms with van der Waals surface area (Å²) in [7, 11) is 3.90. The smallest absolute Gasteiger partial charge is 0.413 e. The van der Waals surface area contributed by atoms with Gasteiger partial charge in [-0.25, -0.2) is 14.6 Å². The van der Waals surface area contributed by atoms with Gasteiger partial charge < -0.3 is 19.5 Å². The Morgan fingerprint density at radius 1 is 0.903 bits per heavy atom. The van der Waals surface area contributed by atoms with Crippen LogP contribution in [0.3, 0.4) is 0 Å². The molecular formula is C20H34N4O6S. The number of alkyl carbamates (subject to hydrolysis) is 2. The highest BCUT2D eigenvalue weighted by Gasteiger charge is 2.34. The zero-order valence-electron chi connectivity index (χ0n) is 18.5. The molecule has 3 amide bonds. The molecule has 2 fully saturated rings. The van der Waals surface area contributed by atoms with Crippen molar-refractivity contribution in [3.63, 3.8) is 0 Å². The summed E-state index contributed by atoms with van der Waals surface area (Å²) in [6.45, 7) is -0.0406. The first-order valence-corrected chi connectivity index (χ1v) is 11.6. The molecule has 0 saturated heterocycles. The van der Waals surface area contributed by atoms with Gasteiger partial charge in [-0.1, -0.05) is 19.3 Å². The number of rotatable bonds is 6. The van der Waals surface area contributed by atoms with Crippen molar-refractivity contribution in [3.05, 3.63) is 0 Å². The third-order valence-corrected chi connectivity index (χ3v) is 7.10. The van der Waals surface area contributed by atoms with E-state index in [1.54, 1.807) is 0 Å². The number of aliphatic imine (C=N–C) groups is 1. The minimum atomic E-state index is -0.767. The molecule has 2 saturated carbocycles.